The van der Waals surface area contributed by atoms with Crippen molar-refractivity contribution in [1.29, 1.82) is 0 Å². The van der Waals surface area contributed by atoms with E-state index < -0.39 is 0 Å². The largest absolute Gasteiger partial charge is 0.394 e. The van der Waals surface area contributed by atoms with Crippen LogP contribution in [-0.4, -0.2) is 29.7 Å². The number of anilines is 1. The highest BCUT2D eigenvalue weighted by molar-refractivity contribution is 5.92. The fraction of sp³-hybridized carbons (Fsp3) is 0.462. The zero-order valence-corrected chi connectivity index (χ0v) is 9.99. The van der Waals surface area contributed by atoms with Gasteiger partial charge in [0, 0.05) is 11.2 Å². The Bertz CT molecular complexity index is 396. The van der Waals surface area contributed by atoms with Gasteiger partial charge in [-0.2, -0.15) is 0 Å². The average molecular weight is 234 g/mol. The third kappa shape index (κ3) is 3.28. The molecule has 1 saturated carbocycles. The van der Waals surface area contributed by atoms with Gasteiger partial charge in [-0.1, -0.05) is 17.7 Å². The Morgan fingerprint density at radius 2 is 2.00 bits per heavy atom. The summed E-state index contributed by atoms with van der Waals surface area (Å²) in [6, 6.07) is 7.68. The lowest BCUT2D eigenvalue weighted by atomic mass is 10.2. The molecule has 0 spiro atoms. The monoisotopic (exact) mass is 234 g/mol. The van der Waals surface area contributed by atoms with E-state index in [1.165, 1.54) is 5.56 Å². The number of aliphatic hydroxyl groups excluding tert-OH is 1. The van der Waals surface area contributed by atoms with E-state index in [9.17, 15) is 4.79 Å². The van der Waals surface area contributed by atoms with Crippen molar-refractivity contribution in [3.63, 3.8) is 0 Å². The lowest BCUT2D eigenvalue weighted by Crippen LogP contribution is -2.40. The second-order valence-corrected chi connectivity index (χ2v) is 4.71. The Morgan fingerprint density at radius 1 is 1.35 bits per heavy atom. The molecule has 1 aromatic carbocycles. The number of hydrogen-bond donors (Lipinski definition) is 3. The Labute approximate surface area is 101 Å². The molecule has 92 valence electrons. The Hall–Kier alpha value is -1.39. The van der Waals surface area contributed by atoms with Gasteiger partial charge in [-0.05, 0) is 31.9 Å². The predicted molar refractivity (Wildman–Crippen MR) is 66.9 cm³/mol. The maximum atomic E-state index is 11.6. The van der Waals surface area contributed by atoms with Crippen LogP contribution in [0.2, 0.25) is 0 Å². The van der Waals surface area contributed by atoms with Crippen molar-refractivity contribution in [2.75, 3.05) is 18.5 Å². The van der Waals surface area contributed by atoms with Crippen molar-refractivity contribution >= 4 is 11.6 Å². The number of hydrogen-bond acceptors (Lipinski definition) is 3. The van der Waals surface area contributed by atoms with Gasteiger partial charge in [-0.3, -0.25) is 4.79 Å². The van der Waals surface area contributed by atoms with Crippen LogP contribution in [0.5, 0.6) is 0 Å². The Kier molecular flexibility index (Phi) is 3.45. The van der Waals surface area contributed by atoms with Crippen LogP contribution in [0.1, 0.15) is 18.4 Å². The fourth-order valence-electron chi connectivity index (χ4n) is 1.65. The standard InChI is InChI=1S/C13H18N2O2/c1-10-2-4-11(5-3-10)15-12(17)8-14-13(9-16)6-7-13/h2-5,14,16H,6-9H2,1H3,(H,15,17). The first-order valence-corrected chi connectivity index (χ1v) is 5.86. The normalized spacial score (nSPS) is 16.6. The summed E-state index contributed by atoms with van der Waals surface area (Å²) < 4.78 is 0. The summed E-state index contributed by atoms with van der Waals surface area (Å²) in [5, 5.41) is 15.0. The SMILES string of the molecule is Cc1ccc(NC(=O)CNC2(CO)CC2)cc1. The molecule has 0 atom stereocenters. The third-order valence-corrected chi connectivity index (χ3v) is 3.12. The van der Waals surface area contributed by atoms with Crippen LogP contribution >= 0.6 is 0 Å². The molecular weight excluding hydrogens is 216 g/mol. The zero-order valence-electron chi connectivity index (χ0n) is 9.99. The number of carbonyl (C=O) groups excluding carboxylic acids is 1. The minimum atomic E-state index is -0.190. The number of amides is 1. The molecule has 0 bridgehead atoms. The number of rotatable bonds is 5. The van der Waals surface area contributed by atoms with Crippen LogP contribution in [0.15, 0.2) is 24.3 Å². The number of benzene rings is 1. The molecule has 1 aliphatic rings. The summed E-state index contributed by atoms with van der Waals surface area (Å²) in [4.78, 5) is 11.6. The van der Waals surface area contributed by atoms with Gasteiger partial charge in [-0.25, -0.2) is 0 Å². The van der Waals surface area contributed by atoms with Crippen molar-refractivity contribution < 1.29 is 9.90 Å². The average Bonchev–Trinajstić information content (AvgIpc) is 3.10. The zero-order chi connectivity index (χ0) is 12.3. The maximum absolute atomic E-state index is 11.6. The molecule has 1 aliphatic carbocycles. The third-order valence-electron chi connectivity index (χ3n) is 3.12. The van der Waals surface area contributed by atoms with E-state index in [0.29, 0.717) is 0 Å². The summed E-state index contributed by atoms with van der Waals surface area (Å²) >= 11 is 0. The first-order chi connectivity index (χ1) is 8.13. The lowest BCUT2D eigenvalue weighted by molar-refractivity contribution is -0.115. The van der Waals surface area contributed by atoms with Gasteiger partial charge in [0.15, 0.2) is 0 Å². The molecule has 3 N–H and O–H groups in total. The van der Waals surface area contributed by atoms with Gasteiger partial charge >= 0.3 is 0 Å². The van der Waals surface area contributed by atoms with Crippen molar-refractivity contribution in [1.82, 2.24) is 5.32 Å². The minimum Gasteiger partial charge on any atom is -0.394 e. The van der Waals surface area contributed by atoms with Crippen LogP contribution in [0.25, 0.3) is 0 Å². The number of aliphatic hydroxyl groups is 1. The second kappa shape index (κ2) is 4.85. The summed E-state index contributed by atoms with van der Waals surface area (Å²) in [7, 11) is 0. The number of carbonyl (C=O) groups is 1. The van der Waals surface area contributed by atoms with E-state index in [-0.39, 0.29) is 24.6 Å². The molecule has 0 unspecified atom stereocenters. The van der Waals surface area contributed by atoms with Crippen LogP contribution in [0, 0.1) is 6.92 Å². The maximum Gasteiger partial charge on any atom is 0.238 e. The quantitative estimate of drug-likeness (QED) is 0.713. The van der Waals surface area contributed by atoms with Crippen LogP contribution in [0.3, 0.4) is 0 Å². The molecule has 17 heavy (non-hydrogen) atoms. The minimum absolute atomic E-state index is 0.0754. The highest BCUT2D eigenvalue weighted by atomic mass is 16.3. The Morgan fingerprint density at radius 3 is 2.53 bits per heavy atom. The molecule has 0 heterocycles. The van der Waals surface area contributed by atoms with Gasteiger partial charge in [0.2, 0.25) is 5.91 Å². The summed E-state index contributed by atoms with van der Waals surface area (Å²) in [6.07, 6.45) is 1.89. The van der Waals surface area contributed by atoms with Crippen LogP contribution < -0.4 is 10.6 Å². The van der Waals surface area contributed by atoms with E-state index in [1.54, 1.807) is 0 Å². The molecule has 0 aliphatic heterocycles. The van der Waals surface area contributed by atoms with Gasteiger partial charge in [0.05, 0.1) is 13.2 Å². The first kappa shape index (κ1) is 12.1. The van der Waals surface area contributed by atoms with E-state index in [4.69, 9.17) is 5.11 Å². The fourth-order valence-corrected chi connectivity index (χ4v) is 1.65. The highest BCUT2D eigenvalue weighted by Gasteiger charge is 2.41. The van der Waals surface area contributed by atoms with Crippen molar-refractivity contribution in [3.8, 4) is 0 Å². The van der Waals surface area contributed by atoms with Crippen molar-refractivity contribution in [2.24, 2.45) is 0 Å². The van der Waals surface area contributed by atoms with Gasteiger partial charge in [0.1, 0.15) is 0 Å². The highest BCUT2D eigenvalue weighted by Crippen LogP contribution is 2.34. The molecule has 0 saturated heterocycles. The molecule has 2 rings (SSSR count). The molecule has 0 aromatic heterocycles. The van der Waals surface area contributed by atoms with Crippen molar-refractivity contribution in [2.45, 2.75) is 25.3 Å². The molecule has 1 aromatic rings. The molecule has 4 heteroatoms. The second-order valence-electron chi connectivity index (χ2n) is 4.71. The molecule has 1 amide bonds. The summed E-state index contributed by atoms with van der Waals surface area (Å²) in [5.74, 6) is -0.0754. The smallest absolute Gasteiger partial charge is 0.238 e. The summed E-state index contributed by atoms with van der Waals surface area (Å²) in [6.45, 7) is 2.35. The molecule has 4 nitrogen and oxygen atoms in total. The van der Waals surface area contributed by atoms with Crippen molar-refractivity contribution in [3.05, 3.63) is 29.8 Å². The van der Waals surface area contributed by atoms with Crippen LogP contribution in [-0.2, 0) is 4.79 Å². The van der Waals surface area contributed by atoms with Gasteiger partial charge < -0.3 is 15.7 Å². The van der Waals surface area contributed by atoms with E-state index in [1.807, 2.05) is 31.2 Å². The van der Waals surface area contributed by atoms with Gasteiger partial charge in [-0.15, -0.1) is 0 Å². The van der Waals surface area contributed by atoms with E-state index in [2.05, 4.69) is 10.6 Å². The van der Waals surface area contributed by atoms with E-state index in [0.717, 1.165) is 18.5 Å². The topological polar surface area (TPSA) is 61.4 Å². The summed E-state index contributed by atoms with van der Waals surface area (Å²) in [5.41, 5.74) is 1.78. The lowest BCUT2D eigenvalue weighted by Gasteiger charge is -2.13. The Balaban J connectivity index is 1.79. The van der Waals surface area contributed by atoms with Crippen LogP contribution in [0.4, 0.5) is 5.69 Å². The first-order valence-electron chi connectivity index (χ1n) is 5.86. The van der Waals surface area contributed by atoms with Gasteiger partial charge in [0.25, 0.3) is 0 Å². The molecule has 1 fully saturated rings. The predicted octanol–water partition coefficient (Wildman–Crippen LogP) is 1.05. The number of nitrogens with one attached hydrogen (secondary N) is 2. The molecule has 0 radical (unpaired) electrons. The molecular formula is C13H18N2O2. The number of aryl methyl sites for hydroxylation is 1. The van der Waals surface area contributed by atoms with E-state index >= 15 is 0 Å².